The summed E-state index contributed by atoms with van der Waals surface area (Å²) >= 11 is 0. The fourth-order valence-electron chi connectivity index (χ4n) is 2.75. The van der Waals surface area contributed by atoms with Gasteiger partial charge in [-0.2, -0.15) is 5.10 Å². The van der Waals surface area contributed by atoms with Crippen molar-refractivity contribution in [1.29, 1.82) is 0 Å². The molecule has 1 N–H and O–H groups in total. The van der Waals surface area contributed by atoms with Crippen LogP contribution in [0, 0.1) is 5.41 Å². The molecule has 0 spiro atoms. The van der Waals surface area contributed by atoms with Gasteiger partial charge in [0, 0.05) is 52.2 Å². The van der Waals surface area contributed by atoms with Crippen molar-refractivity contribution in [3.8, 4) is 0 Å². The zero-order chi connectivity index (χ0) is 20.1. The smallest absolute Gasteiger partial charge is 0.193 e. The Kier molecular flexibility index (Phi) is 10.3. The predicted octanol–water partition coefficient (Wildman–Crippen LogP) is 2.63. The Morgan fingerprint density at radius 2 is 2.00 bits per heavy atom. The van der Waals surface area contributed by atoms with Crippen molar-refractivity contribution in [3.05, 3.63) is 17.5 Å². The molecule has 0 amide bonds. The molecule has 7 nitrogen and oxygen atoms in total. The van der Waals surface area contributed by atoms with Crippen molar-refractivity contribution >= 4 is 39.8 Å². The number of aromatic nitrogens is 2. The highest BCUT2D eigenvalue weighted by Gasteiger charge is 2.22. The molecule has 0 saturated carbocycles. The Morgan fingerprint density at radius 1 is 1.41 bits per heavy atom. The lowest BCUT2D eigenvalue weighted by atomic mass is 9.90. The topological polar surface area (TPSA) is 79.6 Å². The highest BCUT2D eigenvalue weighted by molar-refractivity contribution is 14.0. The van der Waals surface area contributed by atoms with Crippen molar-refractivity contribution in [2.45, 2.75) is 46.6 Å². The van der Waals surface area contributed by atoms with Crippen LogP contribution in [0.25, 0.3) is 0 Å². The van der Waals surface area contributed by atoms with Gasteiger partial charge in [-0.3, -0.25) is 9.67 Å². The van der Waals surface area contributed by atoms with E-state index in [0.717, 1.165) is 11.7 Å². The first-order chi connectivity index (χ1) is 11.8. The molecule has 1 rings (SSSR count). The summed E-state index contributed by atoms with van der Waals surface area (Å²) < 4.78 is 24.7. The third kappa shape index (κ3) is 9.27. The number of nitrogens with zero attached hydrogens (tertiary/aromatic N) is 4. The normalized spacial score (nSPS) is 12.9. The summed E-state index contributed by atoms with van der Waals surface area (Å²) in [6.45, 7) is 9.79. The van der Waals surface area contributed by atoms with Gasteiger partial charge in [-0.15, -0.1) is 24.0 Å². The van der Waals surface area contributed by atoms with Gasteiger partial charge < -0.3 is 10.2 Å². The number of hydrogen-bond acceptors (Lipinski definition) is 4. The zero-order valence-corrected chi connectivity index (χ0v) is 21.1. The minimum Gasteiger partial charge on any atom is -0.356 e. The van der Waals surface area contributed by atoms with E-state index in [1.807, 2.05) is 18.8 Å². The van der Waals surface area contributed by atoms with Gasteiger partial charge in [0.05, 0.1) is 11.4 Å². The van der Waals surface area contributed by atoms with Crippen LogP contribution >= 0.6 is 24.0 Å². The lowest BCUT2D eigenvalue weighted by Gasteiger charge is -2.28. The van der Waals surface area contributed by atoms with Crippen LogP contribution in [-0.2, 0) is 23.4 Å². The van der Waals surface area contributed by atoms with Crippen molar-refractivity contribution in [2.75, 3.05) is 32.6 Å². The second-order valence-corrected chi connectivity index (χ2v) is 10.4. The molecule has 0 fully saturated rings. The van der Waals surface area contributed by atoms with Crippen LogP contribution in [0.5, 0.6) is 0 Å². The zero-order valence-electron chi connectivity index (χ0n) is 17.9. The van der Waals surface area contributed by atoms with Crippen molar-refractivity contribution in [2.24, 2.45) is 17.5 Å². The van der Waals surface area contributed by atoms with E-state index in [1.54, 1.807) is 7.05 Å². The average Bonchev–Trinajstić information content (AvgIpc) is 2.86. The lowest BCUT2D eigenvalue weighted by molar-refractivity contribution is 0.340. The Hall–Kier alpha value is -0.840. The number of guanidine groups is 1. The van der Waals surface area contributed by atoms with Gasteiger partial charge in [-0.1, -0.05) is 27.7 Å². The Labute approximate surface area is 181 Å². The molecule has 1 heterocycles. The van der Waals surface area contributed by atoms with E-state index >= 15 is 0 Å². The first kappa shape index (κ1) is 26.2. The Morgan fingerprint density at radius 3 is 2.48 bits per heavy atom. The maximum atomic E-state index is 11.4. The molecule has 27 heavy (non-hydrogen) atoms. The molecule has 9 heteroatoms. The molecule has 0 bridgehead atoms. The van der Waals surface area contributed by atoms with Crippen molar-refractivity contribution in [1.82, 2.24) is 20.0 Å². The molecule has 0 aliphatic heterocycles. The summed E-state index contributed by atoms with van der Waals surface area (Å²) in [5, 5.41) is 7.93. The molecule has 0 aliphatic carbocycles. The predicted molar refractivity (Wildman–Crippen MR) is 124 cm³/mol. The van der Waals surface area contributed by atoms with E-state index in [4.69, 9.17) is 0 Å². The average molecular weight is 513 g/mol. The van der Waals surface area contributed by atoms with Crippen molar-refractivity contribution in [3.63, 3.8) is 0 Å². The van der Waals surface area contributed by atoms with E-state index in [0.29, 0.717) is 25.4 Å². The maximum Gasteiger partial charge on any atom is 0.193 e. The van der Waals surface area contributed by atoms with Crippen LogP contribution in [0.3, 0.4) is 0 Å². The van der Waals surface area contributed by atoms with E-state index in [1.165, 1.54) is 11.8 Å². The Bertz CT molecular complexity index is 726. The number of hydrogen-bond donors (Lipinski definition) is 1. The van der Waals surface area contributed by atoms with Gasteiger partial charge in [0.15, 0.2) is 5.96 Å². The molecule has 0 atom stereocenters. The van der Waals surface area contributed by atoms with Gasteiger partial charge in [0.25, 0.3) is 0 Å². The first-order valence-electron chi connectivity index (χ1n) is 8.96. The third-order valence-electron chi connectivity index (χ3n) is 4.34. The number of rotatable bonds is 8. The van der Waals surface area contributed by atoms with E-state index in [2.05, 4.69) is 54.2 Å². The summed E-state index contributed by atoms with van der Waals surface area (Å²) in [6, 6.07) is 0. The lowest BCUT2D eigenvalue weighted by Crippen LogP contribution is -2.43. The minimum absolute atomic E-state index is 0. The van der Waals surface area contributed by atoms with Crippen LogP contribution in [0.4, 0.5) is 0 Å². The second kappa shape index (κ2) is 10.6. The molecular weight excluding hydrogens is 477 g/mol. The molecule has 1 aromatic rings. The SMILES string of the molecule is CN=C(NCC(C)(C)CCS(C)(=O)=O)N(C)Cc1cn(C)nc1C(C)C.I. The van der Waals surface area contributed by atoms with E-state index in [9.17, 15) is 8.42 Å². The molecular formula is C18H36IN5O2S. The van der Waals surface area contributed by atoms with Crippen molar-refractivity contribution < 1.29 is 8.42 Å². The number of sulfone groups is 1. The summed E-state index contributed by atoms with van der Waals surface area (Å²) in [5.74, 6) is 1.35. The summed E-state index contributed by atoms with van der Waals surface area (Å²) in [5.41, 5.74) is 2.14. The first-order valence-corrected chi connectivity index (χ1v) is 11.0. The summed E-state index contributed by atoms with van der Waals surface area (Å²) in [6.07, 6.45) is 3.94. The fourth-order valence-corrected chi connectivity index (χ4v) is 3.67. The molecule has 0 unspecified atom stereocenters. The number of aliphatic imine (C=N–C) groups is 1. The molecule has 0 saturated heterocycles. The fraction of sp³-hybridized carbons (Fsp3) is 0.778. The second-order valence-electron chi connectivity index (χ2n) is 8.17. The summed E-state index contributed by atoms with van der Waals surface area (Å²) in [4.78, 5) is 6.43. The molecule has 158 valence electrons. The van der Waals surface area contributed by atoms with Crippen LogP contribution < -0.4 is 5.32 Å². The number of nitrogens with one attached hydrogen (secondary N) is 1. The van der Waals surface area contributed by atoms with Gasteiger partial charge >= 0.3 is 0 Å². The van der Waals surface area contributed by atoms with E-state index in [-0.39, 0.29) is 35.1 Å². The Balaban J connectivity index is 0.00000676. The molecule has 0 aliphatic rings. The number of halogens is 1. The van der Waals surface area contributed by atoms with Crippen LogP contribution in [0.2, 0.25) is 0 Å². The van der Waals surface area contributed by atoms with Crippen LogP contribution in [0.15, 0.2) is 11.2 Å². The molecule has 1 aromatic heterocycles. The highest BCUT2D eigenvalue weighted by Crippen LogP contribution is 2.21. The molecule has 0 aromatic carbocycles. The van der Waals surface area contributed by atoms with Crippen LogP contribution in [0.1, 0.15) is 51.3 Å². The standard InChI is InChI=1S/C18H35N5O2S.HI/c1-14(2)16-15(12-23(7)21-16)11-22(6)17(19-5)20-13-18(3,4)9-10-26(8,24)25;/h12,14H,9-11,13H2,1-8H3,(H,19,20);1H. The summed E-state index contributed by atoms with van der Waals surface area (Å²) in [7, 11) is 2.75. The van der Waals surface area contributed by atoms with Gasteiger partial charge in [0.1, 0.15) is 9.84 Å². The number of aryl methyl sites for hydroxylation is 1. The van der Waals surface area contributed by atoms with E-state index < -0.39 is 9.84 Å². The van der Waals surface area contributed by atoms with Crippen LogP contribution in [-0.4, -0.2) is 61.7 Å². The third-order valence-corrected chi connectivity index (χ3v) is 5.29. The largest absolute Gasteiger partial charge is 0.356 e. The van der Waals surface area contributed by atoms with Gasteiger partial charge in [-0.25, -0.2) is 8.42 Å². The molecule has 0 radical (unpaired) electrons. The highest BCUT2D eigenvalue weighted by atomic mass is 127. The maximum absolute atomic E-state index is 11.4. The van der Waals surface area contributed by atoms with Gasteiger partial charge in [-0.05, 0) is 17.8 Å². The quantitative estimate of drug-likeness (QED) is 0.329. The minimum atomic E-state index is -2.95. The van der Waals surface area contributed by atoms with Gasteiger partial charge in [0.2, 0.25) is 0 Å². The monoisotopic (exact) mass is 513 g/mol.